The summed E-state index contributed by atoms with van der Waals surface area (Å²) >= 11 is 0. The van der Waals surface area contributed by atoms with Gasteiger partial charge in [-0.1, -0.05) is 12.7 Å². The van der Waals surface area contributed by atoms with E-state index in [4.69, 9.17) is 9.84 Å². The van der Waals surface area contributed by atoms with Crippen LogP contribution in [0.5, 0.6) is 0 Å². The number of pyridine rings is 1. The van der Waals surface area contributed by atoms with Gasteiger partial charge >= 0.3 is 12.1 Å². The van der Waals surface area contributed by atoms with Crippen molar-refractivity contribution in [2.45, 2.75) is 18.9 Å². The molecule has 1 amide bonds. The number of hydrogen-bond acceptors (Lipinski definition) is 5. The molecule has 0 aliphatic carbocycles. The second-order valence-corrected chi connectivity index (χ2v) is 5.00. The summed E-state index contributed by atoms with van der Waals surface area (Å²) in [6, 6.07) is 3.32. The minimum atomic E-state index is -0.986. The molecule has 2 heterocycles. The lowest BCUT2D eigenvalue weighted by Gasteiger charge is -2.32. The third-order valence-electron chi connectivity index (χ3n) is 3.47. The zero-order chi connectivity index (χ0) is 15.9. The summed E-state index contributed by atoms with van der Waals surface area (Å²) in [6.45, 7) is 5.17. The number of carboxylic acid groups (broad SMARTS) is 1. The molecule has 0 atom stereocenters. The van der Waals surface area contributed by atoms with Crippen molar-refractivity contribution < 1.29 is 19.4 Å². The van der Waals surface area contributed by atoms with E-state index in [-0.39, 0.29) is 18.2 Å². The van der Waals surface area contributed by atoms with Crippen molar-refractivity contribution in [2.75, 3.05) is 24.6 Å². The van der Waals surface area contributed by atoms with Gasteiger partial charge in [-0.15, -0.1) is 0 Å². The molecule has 0 radical (unpaired) electrons. The number of aromatic carboxylic acids is 1. The van der Waals surface area contributed by atoms with Gasteiger partial charge in [-0.2, -0.15) is 0 Å². The predicted molar refractivity (Wildman–Crippen MR) is 81.1 cm³/mol. The number of carbonyl (C=O) groups excluding carboxylic acids is 1. The lowest BCUT2D eigenvalue weighted by Crippen LogP contribution is -2.45. The highest BCUT2D eigenvalue weighted by Crippen LogP contribution is 2.18. The zero-order valence-electron chi connectivity index (χ0n) is 12.2. The van der Waals surface area contributed by atoms with Crippen LogP contribution in [0.1, 0.15) is 23.2 Å². The number of nitrogens with one attached hydrogen (secondary N) is 1. The van der Waals surface area contributed by atoms with Gasteiger partial charge in [-0.05, 0) is 25.0 Å². The van der Waals surface area contributed by atoms with Gasteiger partial charge in [-0.25, -0.2) is 14.6 Å². The van der Waals surface area contributed by atoms with E-state index in [1.54, 1.807) is 12.1 Å². The Kier molecular flexibility index (Phi) is 5.35. The van der Waals surface area contributed by atoms with Gasteiger partial charge in [0.2, 0.25) is 0 Å². The van der Waals surface area contributed by atoms with Crippen LogP contribution < -0.4 is 10.2 Å². The van der Waals surface area contributed by atoms with E-state index in [1.807, 2.05) is 0 Å². The number of aromatic nitrogens is 1. The Balaban J connectivity index is 1.82. The maximum absolute atomic E-state index is 11.5. The first-order chi connectivity index (χ1) is 10.6. The summed E-state index contributed by atoms with van der Waals surface area (Å²) in [5, 5.41) is 11.7. The summed E-state index contributed by atoms with van der Waals surface area (Å²) in [5.74, 6) is -0.238. The Labute approximate surface area is 128 Å². The van der Waals surface area contributed by atoms with Crippen molar-refractivity contribution in [3.05, 3.63) is 36.5 Å². The van der Waals surface area contributed by atoms with Gasteiger partial charge in [0.1, 0.15) is 12.4 Å². The first-order valence-corrected chi connectivity index (χ1v) is 7.08. The van der Waals surface area contributed by atoms with Crippen LogP contribution in [0.25, 0.3) is 0 Å². The maximum Gasteiger partial charge on any atom is 0.407 e. The molecule has 0 unspecified atom stereocenters. The Bertz CT molecular complexity index is 536. The molecule has 0 spiro atoms. The fourth-order valence-corrected chi connectivity index (χ4v) is 2.30. The number of carboxylic acids is 1. The first kappa shape index (κ1) is 15.8. The van der Waals surface area contributed by atoms with Crippen LogP contribution in [-0.4, -0.2) is 47.9 Å². The van der Waals surface area contributed by atoms with Crippen LogP contribution in [0.4, 0.5) is 10.6 Å². The molecule has 1 saturated heterocycles. The smallest absolute Gasteiger partial charge is 0.407 e. The van der Waals surface area contributed by atoms with E-state index in [0.29, 0.717) is 0 Å². The molecule has 22 heavy (non-hydrogen) atoms. The number of ether oxygens (including phenoxy) is 1. The molecule has 118 valence electrons. The molecule has 1 aromatic heterocycles. The average molecular weight is 305 g/mol. The highest BCUT2D eigenvalue weighted by molar-refractivity contribution is 5.87. The number of hydrogen-bond donors (Lipinski definition) is 2. The number of carbonyl (C=O) groups is 2. The van der Waals surface area contributed by atoms with Crippen molar-refractivity contribution in [3.63, 3.8) is 0 Å². The molecule has 1 aliphatic heterocycles. The SMILES string of the molecule is C=CCOC(=O)NC1CCN(c2ccc(C(=O)O)cn2)CC1. The fraction of sp³-hybridized carbons (Fsp3) is 0.400. The molecule has 7 nitrogen and oxygen atoms in total. The minimum Gasteiger partial charge on any atom is -0.478 e. The second-order valence-electron chi connectivity index (χ2n) is 5.00. The van der Waals surface area contributed by atoms with Gasteiger partial charge in [0.25, 0.3) is 0 Å². The zero-order valence-corrected chi connectivity index (χ0v) is 12.2. The van der Waals surface area contributed by atoms with Crippen molar-refractivity contribution >= 4 is 17.9 Å². The fourth-order valence-electron chi connectivity index (χ4n) is 2.30. The largest absolute Gasteiger partial charge is 0.478 e. The molecule has 2 rings (SSSR count). The number of alkyl carbamates (subject to hydrolysis) is 1. The van der Waals surface area contributed by atoms with Crippen LogP contribution >= 0.6 is 0 Å². The van der Waals surface area contributed by atoms with Crippen molar-refractivity contribution in [3.8, 4) is 0 Å². The molecular formula is C15H19N3O4. The second kappa shape index (κ2) is 7.44. The predicted octanol–water partition coefficient (Wildman–Crippen LogP) is 1.66. The lowest BCUT2D eigenvalue weighted by atomic mass is 10.1. The topological polar surface area (TPSA) is 91.8 Å². The summed E-state index contributed by atoms with van der Waals surface area (Å²) < 4.78 is 4.89. The number of nitrogens with zero attached hydrogens (tertiary/aromatic N) is 2. The Morgan fingerprint density at radius 1 is 1.45 bits per heavy atom. The van der Waals surface area contributed by atoms with Gasteiger partial charge < -0.3 is 20.1 Å². The van der Waals surface area contributed by atoms with Crippen molar-refractivity contribution in [1.82, 2.24) is 10.3 Å². The summed E-state index contributed by atoms with van der Waals surface area (Å²) in [5.41, 5.74) is 0.172. The molecule has 7 heteroatoms. The molecule has 1 aliphatic rings. The van der Waals surface area contributed by atoms with E-state index in [1.165, 1.54) is 12.3 Å². The molecule has 2 N–H and O–H groups in total. The van der Waals surface area contributed by atoms with Crippen LogP contribution in [0.2, 0.25) is 0 Å². The first-order valence-electron chi connectivity index (χ1n) is 7.08. The molecule has 0 aromatic carbocycles. The summed E-state index contributed by atoms with van der Waals surface area (Å²) in [4.78, 5) is 28.5. The molecular weight excluding hydrogens is 286 g/mol. The van der Waals surface area contributed by atoms with Crippen molar-refractivity contribution in [1.29, 1.82) is 0 Å². The van der Waals surface area contributed by atoms with Crippen LogP contribution in [0.3, 0.4) is 0 Å². The van der Waals surface area contributed by atoms with Crippen molar-refractivity contribution in [2.24, 2.45) is 0 Å². The molecule has 0 saturated carbocycles. The number of piperidine rings is 1. The van der Waals surface area contributed by atoms with E-state index in [0.717, 1.165) is 31.7 Å². The molecule has 1 fully saturated rings. The van der Waals surface area contributed by atoms with Gasteiger partial charge in [0, 0.05) is 25.3 Å². The normalized spacial score (nSPS) is 15.2. The number of rotatable bonds is 5. The standard InChI is InChI=1S/C15H19N3O4/c1-2-9-22-15(21)17-12-5-7-18(8-6-12)13-4-3-11(10-16-13)14(19)20/h2-4,10,12H,1,5-9H2,(H,17,21)(H,19,20). The van der Waals surface area contributed by atoms with Crippen LogP contribution in [0, 0.1) is 0 Å². The minimum absolute atomic E-state index is 0.0758. The maximum atomic E-state index is 11.5. The Hall–Kier alpha value is -2.57. The van der Waals surface area contributed by atoms with Gasteiger partial charge in [0.05, 0.1) is 5.56 Å². The molecule has 0 bridgehead atoms. The Morgan fingerprint density at radius 2 is 2.18 bits per heavy atom. The van der Waals surface area contributed by atoms with E-state index < -0.39 is 12.1 Å². The highest BCUT2D eigenvalue weighted by atomic mass is 16.5. The third kappa shape index (κ3) is 4.21. The van der Waals surface area contributed by atoms with Gasteiger partial charge in [0.15, 0.2) is 0 Å². The van der Waals surface area contributed by atoms with E-state index >= 15 is 0 Å². The lowest BCUT2D eigenvalue weighted by molar-refractivity contribution is 0.0696. The summed E-state index contributed by atoms with van der Waals surface area (Å²) in [6.07, 6.45) is 4.02. The average Bonchev–Trinajstić information content (AvgIpc) is 2.54. The summed E-state index contributed by atoms with van der Waals surface area (Å²) in [7, 11) is 0. The Morgan fingerprint density at radius 3 is 2.73 bits per heavy atom. The van der Waals surface area contributed by atoms with Crippen LogP contribution in [-0.2, 0) is 4.74 Å². The monoisotopic (exact) mass is 305 g/mol. The third-order valence-corrected chi connectivity index (χ3v) is 3.47. The van der Waals surface area contributed by atoms with E-state index in [2.05, 4.69) is 21.8 Å². The van der Waals surface area contributed by atoms with Crippen LogP contribution in [0.15, 0.2) is 31.0 Å². The quantitative estimate of drug-likeness (QED) is 0.804. The number of amides is 1. The van der Waals surface area contributed by atoms with E-state index in [9.17, 15) is 9.59 Å². The number of anilines is 1. The highest BCUT2D eigenvalue weighted by Gasteiger charge is 2.22. The van der Waals surface area contributed by atoms with Gasteiger partial charge in [-0.3, -0.25) is 0 Å². The molecule has 1 aromatic rings.